The smallest absolute Gasteiger partial charge is 0.240 e. The Morgan fingerprint density at radius 2 is 2.06 bits per heavy atom. The third kappa shape index (κ3) is 5.70. The zero-order valence-electron chi connectivity index (χ0n) is 17.1. The highest BCUT2D eigenvalue weighted by Gasteiger charge is 2.12. The Balaban J connectivity index is 1.19. The molecule has 0 saturated carbocycles. The van der Waals surface area contributed by atoms with Gasteiger partial charge in [-0.15, -0.1) is 11.3 Å². The molecule has 2 N–H and O–H groups in total. The highest BCUT2D eigenvalue weighted by Crippen LogP contribution is 2.22. The van der Waals surface area contributed by atoms with Crippen LogP contribution in [-0.2, 0) is 17.8 Å². The Kier molecular flexibility index (Phi) is 7.46. The van der Waals surface area contributed by atoms with Crippen LogP contribution in [0.5, 0.6) is 0 Å². The van der Waals surface area contributed by atoms with E-state index in [9.17, 15) is 4.79 Å². The third-order valence-electron chi connectivity index (χ3n) is 4.76. The Hall–Kier alpha value is -2.82. The molecule has 0 unspecified atom stereocenters. The number of thiophene rings is 1. The summed E-state index contributed by atoms with van der Waals surface area (Å²) in [7, 11) is 0. The lowest BCUT2D eigenvalue weighted by atomic mass is 10.2. The second kappa shape index (κ2) is 10.7. The minimum Gasteiger partial charge on any atom is -0.355 e. The molecular weight excluding hydrogens is 468 g/mol. The van der Waals surface area contributed by atoms with Gasteiger partial charge in [-0.1, -0.05) is 29.2 Å². The van der Waals surface area contributed by atoms with Crippen LogP contribution < -0.4 is 5.32 Å². The topological polar surface area (TPSA) is 102 Å². The van der Waals surface area contributed by atoms with Crippen LogP contribution in [-0.4, -0.2) is 37.4 Å². The lowest BCUT2D eigenvalue weighted by Gasteiger charge is -2.08. The number of halogens is 1. The number of rotatable bonds is 10. The summed E-state index contributed by atoms with van der Waals surface area (Å²) in [6.45, 7) is 0.686. The second-order valence-electron chi connectivity index (χ2n) is 7.10. The van der Waals surface area contributed by atoms with Crippen LogP contribution in [0.4, 0.5) is 0 Å². The number of aryl methyl sites for hydroxylation is 1. The Morgan fingerprint density at radius 3 is 2.84 bits per heavy atom. The number of carbonyl (C=O) groups excluding carboxylic acids is 1. The van der Waals surface area contributed by atoms with Gasteiger partial charge in [0, 0.05) is 23.6 Å². The average Bonchev–Trinajstić information content (AvgIpc) is 3.54. The monoisotopic (exact) mass is 488 g/mol. The molecule has 8 nitrogen and oxygen atoms in total. The van der Waals surface area contributed by atoms with E-state index in [1.165, 1.54) is 0 Å². The van der Waals surface area contributed by atoms with Gasteiger partial charge in [0.05, 0.1) is 4.88 Å². The van der Waals surface area contributed by atoms with E-state index < -0.39 is 0 Å². The van der Waals surface area contributed by atoms with Gasteiger partial charge in [0.1, 0.15) is 6.54 Å². The van der Waals surface area contributed by atoms with E-state index in [4.69, 9.17) is 28.3 Å². The van der Waals surface area contributed by atoms with Gasteiger partial charge < -0.3 is 9.84 Å². The number of nitrogens with zero attached hydrogens (tertiary/aromatic N) is 4. The van der Waals surface area contributed by atoms with Gasteiger partial charge in [-0.2, -0.15) is 10.1 Å². The molecule has 4 rings (SSSR count). The molecule has 4 aromatic rings. The minimum absolute atomic E-state index is 0.0980. The largest absolute Gasteiger partial charge is 0.355 e. The molecule has 0 aliphatic heterocycles. The molecule has 11 heteroatoms. The molecule has 3 aromatic heterocycles. The highest BCUT2D eigenvalue weighted by atomic mass is 35.5. The molecule has 0 atom stereocenters. The van der Waals surface area contributed by atoms with Gasteiger partial charge >= 0.3 is 0 Å². The first-order valence-corrected chi connectivity index (χ1v) is 11.8. The summed E-state index contributed by atoms with van der Waals surface area (Å²) in [6.07, 6.45) is 3.44. The maximum atomic E-state index is 12.4. The van der Waals surface area contributed by atoms with Crippen molar-refractivity contribution in [1.29, 1.82) is 0 Å². The molecule has 0 spiro atoms. The number of aromatic nitrogens is 5. The molecule has 0 bridgehead atoms. The lowest BCUT2D eigenvalue weighted by Crippen LogP contribution is -2.28. The van der Waals surface area contributed by atoms with Crippen molar-refractivity contribution in [2.45, 2.75) is 32.2 Å². The van der Waals surface area contributed by atoms with Gasteiger partial charge in [0.15, 0.2) is 10.6 Å². The summed E-state index contributed by atoms with van der Waals surface area (Å²) in [5.74, 6) is 1.76. The van der Waals surface area contributed by atoms with Crippen LogP contribution >= 0.6 is 35.2 Å². The summed E-state index contributed by atoms with van der Waals surface area (Å²) in [5, 5.41) is 16.6. The number of unbranched alkanes of at least 4 members (excludes halogenated alkanes) is 2. The number of aromatic amines is 1. The van der Waals surface area contributed by atoms with Crippen LogP contribution in [0.2, 0.25) is 5.02 Å². The molecule has 1 aromatic carbocycles. The molecule has 0 fully saturated rings. The molecule has 0 saturated heterocycles. The molecule has 32 heavy (non-hydrogen) atoms. The molecule has 0 aliphatic carbocycles. The fourth-order valence-electron chi connectivity index (χ4n) is 3.15. The van der Waals surface area contributed by atoms with Crippen LogP contribution in [0.25, 0.3) is 22.1 Å². The van der Waals surface area contributed by atoms with Crippen LogP contribution in [0.15, 0.2) is 46.3 Å². The predicted octanol–water partition coefficient (Wildman–Crippen LogP) is 4.90. The van der Waals surface area contributed by atoms with E-state index in [-0.39, 0.29) is 12.5 Å². The van der Waals surface area contributed by atoms with E-state index in [1.54, 1.807) is 28.0 Å². The van der Waals surface area contributed by atoms with E-state index in [1.807, 2.05) is 29.6 Å². The zero-order valence-corrected chi connectivity index (χ0v) is 19.5. The van der Waals surface area contributed by atoms with Gasteiger partial charge in [-0.05, 0) is 60.8 Å². The zero-order chi connectivity index (χ0) is 22.3. The standard InChI is InChI=1S/C21H21ClN6O2S2/c22-15-9-7-14(8-10-15)20-25-26-21(31)28(20)13-17(29)23-11-3-1-2-6-18-24-19(27-30-18)16-5-4-12-32-16/h4-5,7-10,12H,1-3,6,11,13H2,(H,23,29)(H,26,31). The fourth-order valence-corrected chi connectivity index (χ4v) is 4.12. The number of H-pyrrole nitrogens is 1. The first kappa shape index (κ1) is 22.4. The molecule has 0 aliphatic rings. The van der Waals surface area contributed by atoms with Crippen molar-refractivity contribution in [3.05, 3.63) is 57.5 Å². The van der Waals surface area contributed by atoms with Crippen molar-refractivity contribution in [3.8, 4) is 22.1 Å². The molecule has 166 valence electrons. The number of nitrogens with one attached hydrogen (secondary N) is 2. The number of benzene rings is 1. The maximum Gasteiger partial charge on any atom is 0.240 e. The molecule has 0 radical (unpaired) electrons. The summed E-state index contributed by atoms with van der Waals surface area (Å²) in [6, 6.07) is 11.2. The predicted molar refractivity (Wildman–Crippen MR) is 126 cm³/mol. The number of hydrogen-bond donors (Lipinski definition) is 2. The van der Waals surface area contributed by atoms with Crippen LogP contribution in [0, 0.1) is 4.77 Å². The average molecular weight is 489 g/mol. The van der Waals surface area contributed by atoms with Crippen molar-refractivity contribution in [2.75, 3.05) is 6.54 Å². The van der Waals surface area contributed by atoms with Crippen LogP contribution in [0.1, 0.15) is 25.2 Å². The summed E-state index contributed by atoms with van der Waals surface area (Å²) < 4.78 is 7.37. The van der Waals surface area contributed by atoms with Crippen molar-refractivity contribution < 1.29 is 9.32 Å². The highest BCUT2D eigenvalue weighted by molar-refractivity contribution is 7.71. The first-order chi connectivity index (χ1) is 15.6. The molecule has 1 amide bonds. The van der Waals surface area contributed by atoms with Crippen molar-refractivity contribution in [2.24, 2.45) is 0 Å². The Morgan fingerprint density at radius 1 is 1.22 bits per heavy atom. The fraction of sp³-hybridized carbons (Fsp3) is 0.286. The van der Waals surface area contributed by atoms with Crippen LogP contribution in [0.3, 0.4) is 0 Å². The van der Waals surface area contributed by atoms with Crippen molar-refractivity contribution >= 4 is 41.1 Å². The number of hydrogen-bond acceptors (Lipinski definition) is 7. The number of amides is 1. The van der Waals surface area contributed by atoms with E-state index in [0.717, 1.165) is 36.1 Å². The summed E-state index contributed by atoms with van der Waals surface area (Å²) in [4.78, 5) is 17.8. The maximum absolute atomic E-state index is 12.4. The van der Waals surface area contributed by atoms with Gasteiger partial charge in [-0.3, -0.25) is 14.5 Å². The van der Waals surface area contributed by atoms with Crippen molar-refractivity contribution in [1.82, 2.24) is 30.2 Å². The minimum atomic E-state index is -0.116. The second-order valence-corrected chi connectivity index (χ2v) is 8.87. The number of carbonyl (C=O) groups is 1. The first-order valence-electron chi connectivity index (χ1n) is 10.1. The summed E-state index contributed by atoms with van der Waals surface area (Å²) in [5.41, 5.74) is 0.831. The Bertz CT molecular complexity index is 1210. The third-order valence-corrected chi connectivity index (χ3v) is 6.19. The van der Waals surface area contributed by atoms with E-state index >= 15 is 0 Å². The normalized spacial score (nSPS) is 11.0. The van der Waals surface area contributed by atoms with Gasteiger partial charge in [0.2, 0.25) is 17.6 Å². The van der Waals surface area contributed by atoms with E-state index in [0.29, 0.717) is 33.9 Å². The molecule has 3 heterocycles. The van der Waals surface area contributed by atoms with Gasteiger partial charge in [0.25, 0.3) is 0 Å². The SMILES string of the molecule is O=C(Cn1c(-c2ccc(Cl)cc2)n[nH]c1=S)NCCCCCc1nc(-c2cccs2)no1. The lowest BCUT2D eigenvalue weighted by molar-refractivity contribution is -0.121. The van der Waals surface area contributed by atoms with Gasteiger partial charge in [-0.25, -0.2) is 0 Å². The van der Waals surface area contributed by atoms with Crippen molar-refractivity contribution in [3.63, 3.8) is 0 Å². The Labute approximate surface area is 198 Å². The summed E-state index contributed by atoms with van der Waals surface area (Å²) >= 11 is 12.8. The quantitative estimate of drug-likeness (QED) is 0.243. The van der Waals surface area contributed by atoms with E-state index in [2.05, 4.69) is 25.7 Å². The molecular formula is C21H21ClN6O2S2.